The Labute approximate surface area is 132 Å². The number of anilines is 1. The number of rotatable bonds is 8. The van der Waals surface area contributed by atoms with Crippen molar-refractivity contribution in [3.63, 3.8) is 0 Å². The van der Waals surface area contributed by atoms with Crippen molar-refractivity contribution in [3.8, 4) is 0 Å². The van der Waals surface area contributed by atoms with Crippen LogP contribution in [0, 0.1) is 6.92 Å². The number of amides is 2. The third kappa shape index (κ3) is 7.22. The van der Waals surface area contributed by atoms with E-state index < -0.39 is 0 Å². The number of benzene rings is 1. The summed E-state index contributed by atoms with van der Waals surface area (Å²) in [7, 11) is 1.59. The van der Waals surface area contributed by atoms with Gasteiger partial charge in [-0.1, -0.05) is 22.0 Å². The lowest BCUT2D eigenvalue weighted by molar-refractivity contribution is -0.123. The maximum absolute atomic E-state index is 11.8. The molecule has 0 aliphatic rings. The van der Waals surface area contributed by atoms with E-state index in [2.05, 4.69) is 31.9 Å². The number of nitrogens with one attached hydrogen (secondary N) is 3. The standard InChI is InChI=1S/C14H20BrN3O3/c1-10-3-4-11(15)7-12(10)18-14(20)9-17-13(19)8-16-5-6-21-2/h3-4,7,16H,5-6,8-9H2,1-2H3,(H,17,19)(H,18,20). The van der Waals surface area contributed by atoms with E-state index in [0.29, 0.717) is 13.2 Å². The van der Waals surface area contributed by atoms with Gasteiger partial charge in [0.1, 0.15) is 0 Å². The molecular weight excluding hydrogens is 338 g/mol. The molecule has 0 aliphatic heterocycles. The Morgan fingerprint density at radius 2 is 2.00 bits per heavy atom. The third-order valence-corrected chi connectivity index (χ3v) is 3.18. The molecule has 1 aromatic rings. The number of hydrogen-bond acceptors (Lipinski definition) is 4. The summed E-state index contributed by atoms with van der Waals surface area (Å²) < 4.78 is 5.73. The normalized spacial score (nSPS) is 10.2. The monoisotopic (exact) mass is 357 g/mol. The van der Waals surface area contributed by atoms with E-state index in [0.717, 1.165) is 15.7 Å². The molecular formula is C14H20BrN3O3. The van der Waals surface area contributed by atoms with Gasteiger partial charge in [-0.05, 0) is 24.6 Å². The third-order valence-electron chi connectivity index (χ3n) is 2.69. The summed E-state index contributed by atoms with van der Waals surface area (Å²) in [4.78, 5) is 23.3. The highest BCUT2D eigenvalue weighted by Crippen LogP contribution is 2.20. The highest BCUT2D eigenvalue weighted by molar-refractivity contribution is 9.10. The first-order valence-corrected chi connectivity index (χ1v) is 7.34. The first-order valence-electron chi connectivity index (χ1n) is 6.55. The van der Waals surface area contributed by atoms with E-state index in [1.54, 1.807) is 7.11 Å². The summed E-state index contributed by atoms with van der Waals surface area (Å²) in [6.07, 6.45) is 0. The van der Waals surface area contributed by atoms with Gasteiger partial charge in [0.25, 0.3) is 0 Å². The van der Waals surface area contributed by atoms with Crippen molar-refractivity contribution in [3.05, 3.63) is 28.2 Å². The van der Waals surface area contributed by atoms with Crippen LogP contribution in [0.1, 0.15) is 5.56 Å². The fourth-order valence-corrected chi connectivity index (χ4v) is 1.90. The molecule has 3 N–H and O–H groups in total. The number of aryl methyl sites for hydroxylation is 1. The first-order chi connectivity index (χ1) is 10.0. The zero-order valence-corrected chi connectivity index (χ0v) is 13.7. The molecule has 116 valence electrons. The van der Waals surface area contributed by atoms with Crippen LogP contribution in [0.15, 0.2) is 22.7 Å². The van der Waals surface area contributed by atoms with Gasteiger partial charge in [0.2, 0.25) is 11.8 Å². The Hall–Kier alpha value is -1.44. The molecule has 6 nitrogen and oxygen atoms in total. The summed E-state index contributed by atoms with van der Waals surface area (Å²) in [6, 6.07) is 5.62. The molecule has 0 saturated carbocycles. The molecule has 21 heavy (non-hydrogen) atoms. The van der Waals surface area contributed by atoms with Crippen molar-refractivity contribution in [2.24, 2.45) is 0 Å². The predicted molar refractivity (Wildman–Crippen MR) is 85.3 cm³/mol. The summed E-state index contributed by atoms with van der Waals surface area (Å²) in [5.41, 5.74) is 1.68. The van der Waals surface area contributed by atoms with Gasteiger partial charge < -0.3 is 20.7 Å². The Morgan fingerprint density at radius 1 is 1.24 bits per heavy atom. The van der Waals surface area contributed by atoms with Crippen LogP contribution in [0.3, 0.4) is 0 Å². The second kappa shape index (κ2) is 9.49. The van der Waals surface area contributed by atoms with E-state index in [9.17, 15) is 9.59 Å². The van der Waals surface area contributed by atoms with E-state index in [1.165, 1.54) is 0 Å². The van der Waals surface area contributed by atoms with Gasteiger partial charge in [0, 0.05) is 23.8 Å². The van der Waals surface area contributed by atoms with Crippen LogP contribution in [0.25, 0.3) is 0 Å². The van der Waals surface area contributed by atoms with Crippen LogP contribution in [-0.2, 0) is 14.3 Å². The number of halogens is 1. The molecule has 7 heteroatoms. The van der Waals surface area contributed by atoms with Crippen LogP contribution in [0.2, 0.25) is 0 Å². The molecule has 0 aliphatic carbocycles. The zero-order valence-electron chi connectivity index (χ0n) is 12.2. The van der Waals surface area contributed by atoms with Crippen LogP contribution in [0.5, 0.6) is 0 Å². The predicted octanol–water partition coefficient (Wildman–Crippen LogP) is 1.05. The summed E-state index contributed by atoms with van der Waals surface area (Å²) in [5.74, 6) is -0.492. The second-order valence-corrected chi connectivity index (χ2v) is 5.37. The SMILES string of the molecule is COCCNCC(=O)NCC(=O)Nc1cc(Br)ccc1C. The van der Waals surface area contributed by atoms with Crippen LogP contribution in [-0.4, -0.2) is 45.2 Å². The molecule has 0 heterocycles. The molecule has 0 saturated heterocycles. The minimum atomic E-state index is -0.263. The highest BCUT2D eigenvalue weighted by atomic mass is 79.9. The topological polar surface area (TPSA) is 79.5 Å². The average molecular weight is 358 g/mol. The Balaban J connectivity index is 2.30. The fourth-order valence-electron chi connectivity index (χ4n) is 1.54. The lowest BCUT2D eigenvalue weighted by atomic mass is 10.2. The van der Waals surface area contributed by atoms with Crippen molar-refractivity contribution in [1.82, 2.24) is 10.6 Å². The zero-order chi connectivity index (χ0) is 15.7. The smallest absolute Gasteiger partial charge is 0.243 e. The average Bonchev–Trinajstić information content (AvgIpc) is 2.45. The Bertz CT molecular complexity index is 494. The Morgan fingerprint density at radius 3 is 2.71 bits per heavy atom. The van der Waals surface area contributed by atoms with Crippen molar-refractivity contribution in [2.45, 2.75) is 6.92 Å². The molecule has 0 unspecified atom stereocenters. The van der Waals surface area contributed by atoms with Gasteiger partial charge in [-0.3, -0.25) is 9.59 Å². The molecule has 0 aromatic heterocycles. The summed E-state index contributed by atoms with van der Waals surface area (Å²) in [5, 5.41) is 8.21. The number of carbonyl (C=O) groups excluding carboxylic acids is 2. The molecule has 0 spiro atoms. The van der Waals surface area contributed by atoms with E-state index in [-0.39, 0.29) is 24.9 Å². The van der Waals surface area contributed by atoms with Crippen LogP contribution in [0.4, 0.5) is 5.69 Å². The quantitative estimate of drug-likeness (QED) is 0.607. The lowest BCUT2D eigenvalue weighted by Crippen LogP contribution is -2.39. The summed E-state index contributed by atoms with van der Waals surface area (Å²) >= 11 is 3.35. The number of carbonyl (C=O) groups is 2. The van der Waals surface area contributed by atoms with Gasteiger partial charge in [-0.25, -0.2) is 0 Å². The minimum Gasteiger partial charge on any atom is -0.383 e. The van der Waals surface area contributed by atoms with Crippen molar-refractivity contribution in [2.75, 3.05) is 38.7 Å². The number of methoxy groups -OCH3 is 1. The van der Waals surface area contributed by atoms with E-state index >= 15 is 0 Å². The summed E-state index contributed by atoms with van der Waals surface area (Å²) in [6.45, 7) is 3.13. The molecule has 1 aromatic carbocycles. The first kappa shape index (κ1) is 17.6. The number of ether oxygens (including phenoxy) is 1. The molecule has 0 atom stereocenters. The van der Waals surface area contributed by atoms with Gasteiger partial charge in [-0.15, -0.1) is 0 Å². The maximum atomic E-state index is 11.8. The van der Waals surface area contributed by atoms with Crippen molar-refractivity contribution in [1.29, 1.82) is 0 Å². The number of hydrogen-bond donors (Lipinski definition) is 3. The lowest BCUT2D eigenvalue weighted by Gasteiger charge is -2.10. The second-order valence-electron chi connectivity index (χ2n) is 4.45. The van der Waals surface area contributed by atoms with Crippen molar-refractivity contribution >= 4 is 33.4 Å². The molecule has 2 amide bonds. The highest BCUT2D eigenvalue weighted by Gasteiger charge is 2.07. The Kier molecular flexibility index (Phi) is 7.96. The van der Waals surface area contributed by atoms with Crippen LogP contribution < -0.4 is 16.0 Å². The molecule has 0 bridgehead atoms. The fraction of sp³-hybridized carbons (Fsp3) is 0.429. The molecule has 0 radical (unpaired) electrons. The maximum Gasteiger partial charge on any atom is 0.243 e. The van der Waals surface area contributed by atoms with Gasteiger partial charge >= 0.3 is 0 Å². The van der Waals surface area contributed by atoms with Gasteiger partial charge in [0.05, 0.1) is 19.7 Å². The van der Waals surface area contributed by atoms with Gasteiger partial charge in [-0.2, -0.15) is 0 Å². The minimum absolute atomic E-state index is 0.0588. The molecule has 1 rings (SSSR count). The van der Waals surface area contributed by atoms with Gasteiger partial charge in [0.15, 0.2) is 0 Å². The molecule has 0 fully saturated rings. The van der Waals surface area contributed by atoms with E-state index in [1.807, 2.05) is 25.1 Å². The largest absolute Gasteiger partial charge is 0.383 e. The van der Waals surface area contributed by atoms with E-state index in [4.69, 9.17) is 4.74 Å². The van der Waals surface area contributed by atoms with Crippen molar-refractivity contribution < 1.29 is 14.3 Å². The van der Waals surface area contributed by atoms with Crippen LogP contribution >= 0.6 is 15.9 Å².